The number of para-hydroxylation sites is 1. The molecule has 1 saturated heterocycles. The molecule has 0 spiro atoms. The lowest BCUT2D eigenvalue weighted by atomic mass is 10.1. The van der Waals surface area contributed by atoms with E-state index >= 15 is 0 Å². The largest absolute Gasteiger partial charge is 0.496 e. The Hall–Kier alpha value is -1.85. The van der Waals surface area contributed by atoms with E-state index in [0.29, 0.717) is 13.1 Å². The zero-order chi connectivity index (χ0) is 15.2. The van der Waals surface area contributed by atoms with Gasteiger partial charge in [0, 0.05) is 24.7 Å². The van der Waals surface area contributed by atoms with E-state index in [-0.39, 0.29) is 24.7 Å². The van der Waals surface area contributed by atoms with E-state index in [9.17, 15) is 9.90 Å². The minimum Gasteiger partial charge on any atom is -0.496 e. The van der Waals surface area contributed by atoms with Crippen LogP contribution in [0.15, 0.2) is 30.3 Å². The molecule has 114 valence electrons. The Morgan fingerprint density at radius 1 is 1.48 bits per heavy atom. The van der Waals surface area contributed by atoms with Gasteiger partial charge in [0.25, 0.3) is 0 Å². The summed E-state index contributed by atoms with van der Waals surface area (Å²) in [5, 5.41) is 9.19. The lowest BCUT2D eigenvalue weighted by Crippen LogP contribution is -2.49. The molecule has 0 saturated carbocycles. The first kappa shape index (κ1) is 15.5. The van der Waals surface area contributed by atoms with Gasteiger partial charge in [-0.25, -0.2) is 0 Å². The standard InChI is InChI=1S/C16H21NO4/c1-12-9-17(10-14(11-18)21-12)16(19)8-7-13-5-3-4-6-15(13)20-2/h3-8,12,14,18H,9-11H2,1-2H3/b8-7+. The van der Waals surface area contributed by atoms with Crippen LogP contribution in [-0.2, 0) is 9.53 Å². The van der Waals surface area contributed by atoms with Gasteiger partial charge in [-0.1, -0.05) is 18.2 Å². The van der Waals surface area contributed by atoms with Gasteiger partial charge in [-0.05, 0) is 19.1 Å². The third-order valence-corrected chi connectivity index (χ3v) is 3.39. The number of morpholine rings is 1. The molecule has 0 aliphatic carbocycles. The third kappa shape index (κ3) is 4.06. The molecule has 0 aromatic heterocycles. The van der Waals surface area contributed by atoms with E-state index in [0.717, 1.165) is 11.3 Å². The number of carbonyl (C=O) groups excluding carboxylic acids is 1. The molecule has 1 N–H and O–H groups in total. The fraction of sp³-hybridized carbons (Fsp3) is 0.438. The maximum atomic E-state index is 12.2. The summed E-state index contributed by atoms with van der Waals surface area (Å²) >= 11 is 0. The van der Waals surface area contributed by atoms with Gasteiger partial charge in [0.15, 0.2) is 0 Å². The Labute approximate surface area is 124 Å². The topological polar surface area (TPSA) is 59.0 Å². The second-order valence-electron chi connectivity index (χ2n) is 5.07. The van der Waals surface area contributed by atoms with Crippen LogP contribution in [0, 0.1) is 0 Å². The lowest BCUT2D eigenvalue weighted by Gasteiger charge is -2.35. The molecule has 1 fully saturated rings. The number of ether oxygens (including phenoxy) is 2. The number of rotatable bonds is 4. The summed E-state index contributed by atoms with van der Waals surface area (Å²) < 4.78 is 10.8. The summed E-state index contributed by atoms with van der Waals surface area (Å²) in [4.78, 5) is 13.9. The van der Waals surface area contributed by atoms with Crippen molar-refractivity contribution < 1.29 is 19.4 Å². The fourth-order valence-corrected chi connectivity index (χ4v) is 2.40. The first-order valence-electron chi connectivity index (χ1n) is 7.00. The van der Waals surface area contributed by atoms with Crippen molar-refractivity contribution in [3.63, 3.8) is 0 Å². The smallest absolute Gasteiger partial charge is 0.246 e. The van der Waals surface area contributed by atoms with E-state index in [1.54, 1.807) is 18.1 Å². The molecular weight excluding hydrogens is 270 g/mol. The Balaban J connectivity index is 2.05. The van der Waals surface area contributed by atoms with Crippen molar-refractivity contribution in [3.8, 4) is 5.75 Å². The average Bonchev–Trinajstić information content (AvgIpc) is 2.52. The van der Waals surface area contributed by atoms with Gasteiger partial charge in [-0.15, -0.1) is 0 Å². The third-order valence-electron chi connectivity index (χ3n) is 3.39. The number of hydrogen-bond acceptors (Lipinski definition) is 4. The zero-order valence-electron chi connectivity index (χ0n) is 12.4. The van der Waals surface area contributed by atoms with Crippen LogP contribution in [0.3, 0.4) is 0 Å². The van der Waals surface area contributed by atoms with Gasteiger partial charge < -0.3 is 19.5 Å². The molecule has 1 amide bonds. The first-order chi connectivity index (χ1) is 10.1. The molecule has 1 aromatic rings. The minimum absolute atomic E-state index is 0.0699. The molecule has 1 aromatic carbocycles. The SMILES string of the molecule is COc1ccccc1/C=C/C(=O)N1CC(C)OC(CO)C1. The normalized spacial score (nSPS) is 22.5. The molecular formula is C16H21NO4. The number of hydrogen-bond donors (Lipinski definition) is 1. The van der Waals surface area contributed by atoms with Crippen molar-refractivity contribution in [1.82, 2.24) is 4.90 Å². The van der Waals surface area contributed by atoms with E-state index < -0.39 is 0 Å². The molecule has 5 heteroatoms. The number of amides is 1. The molecule has 1 aliphatic heterocycles. The van der Waals surface area contributed by atoms with Crippen LogP contribution < -0.4 is 4.74 Å². The second kappa shape index (κ2) is 7.24. The molecule has 2 unspecified atom stereocenters. The number of benzene rings is 1. The highest BCUT2D eigenvalue weighted by Gasteiger charge is 2.26. The van der Waals surface area contributed by atoms with Crippen LogP contribution in [0.4, 0.5) is 0 Å². The highest BCUT2D eigenvalue weighted by molar-refractivity contribution is 5.92. The lowest BCUT2D eigenvalue weighted by molar-refractivity contribution is -0.142. The zero-order valence-corrected chi connectivity index (χ0v) is 12.4. The summed E-state index contributed by atoms with van der Waals surface area (Å²) in [5.41, 5.74) is 0.855. The minimum atomic E-state index is -0.308. The number of carbonyl (C=O) groups is 1. The van der Waals surface area contributed by atoms with E-state index in [4.69, 9.17) is 9.47 Å². The van der Waals surface area contributed by atoms with E-state index in [1.165, 1.54) is 6.08 Å². The maximum absolute atomic E-state index is 12.2. The van der Waals surface area contributed by atoms with Crippen molar-refractivity contribution >= 4 is 12.0 Å². The number of nitrogens with zero attached hydrogens (tertiary/aromatic N) is 1. The highest BCUT2D eigenvalue weighted by Crippen LogP contribution is 2.19. The summed E-state index contributed by atoms with van der Waals surface area (Å²) in [7, 11) is 1.60. The molecule has 0 bridgehead atoms. The van der Waals surface area contributed by atoms with Crippen molar-refractivity contribution in [2.24, 2.45) is 0 Å². The fourth-order valence-electron chi connectivity index (χ4n) is 2.40. The quantitative estimate of drug-likeness (QED) is 0.850. The molecule has 1 aliphatic rings. The molecule has 5 nitrogen and oxygen atoms in total. The highest BCUT2D eigenvalue weighted by atomic mass is 16.5. The summed E-state index contributed by atoms with van der Waals surface area (Å²) in [6.45, 7) is 2.76. The van der Waals surface area contributed by atoms with Gasteiger partial charge in [0.1, 0.15) is 5.75 Å². The van der Waals surface area contributed by atoms with Crippen LogP contribution >= 0.6 is 0 Å². The predicted octanol–water partition coefficient (Wildman–Crippen LogP) is 1.32. The summed E-state index contributed by atoms with van der Waals surface area (Å²) in [6, 6.07) is 7.52. The van der Waals surface area contributed by atoms with Crippen LogP contribution in [0.5, 0.6) is 5.75 Å². The monoisotopic (exact) mass is 291 g/mol. The van der Waals surface area contributed by atoms with Gasteiger partial charge in [-0.3, -0.25) is 4.79 Å². The Kier molecular flexibility index (Phi) is 5.36. The molecule has 0 radical (unpaired) electrons. The Morgan fingerprint density at radius 2 is 2.24 bits per heavy atom. The van der Waals surface area contributed by atoms with Gasteiger partial charge in [0.2, 0.25) is 5.91 Å². The van der Waals surface area contributed by atoms with Gasteiger partial charge in [-0.2, -0.15) is 0 Å². The van der Waals surface area contributed by atoms with E-state index in [2.05, 4.69) is 0 Å². The number of methoxy groups -OCH3 is 1. The first-order valence-corrected chi connectivity index (χ1v) is 7.00. The molecule has 2 atom stereocenters. The predicted molar refractivity (Wildman–Crippen MR) is 80.0 cm³/mol. The molecule has 1 heterocycles. The van der Waals surface area contributed by atoms with Gasteiger partial charge in [0.05, 0.1) is 25.9 Å². The van der Waals surface area contributed by atoms with Crippen LogP contribution in [0.25, 0.3) is 6.08 Å². The van der Waals surface area contributed by atoms with Crippen LogP contribution in [0.1, 0.15) is 12.5 Å². The number of aliphatic hydroxyl groups is 1. The summed E-state index contributed by atoms with van der Waals surface area (Å²) in [5.74, 6) is 0.639. The van der Waals surface area contributed by atoms with Crippen molar-refractivity contribution in [3.05, 3.63) is 35.9 Å². The van der Waals surface area contributed by atoms with Gasteiger partial charge >= 0.3 is 0 Å². The second-order valence-corrected chi connectivity index (χ2v) is 5.07. The van der Waals surface area contributed by atoms with Crippen LogP contribution in [0.2, 0.25) is 0 Å². The molecule has 2 rings (SSSR count). The van der Waals surface area contributed by atoms with E-state index in [1.807, 2.05) is 31.2 Å². The Morgan fingerprint density at radius 3 is 2.95 bits per heavy atom. The van der Waals surface area contributed by atoms with Crippen molar-refractivity contribution in [1.29, 1.82) is 0 Å². The summed E-state index contributed by atoms with van der Waals surface area (Å²) in [6.07, 6.45) is 2.90. The maximum Gasteiger partial charge on any atom is 0.246 e. The van der Waals surface area contributed by atoms with Crippen LogP contribution in [-0.4, -0.2) is 54.9 Å². The average molecular weight is 291 g/mol. The number of aliphatic hydroxyl groups excluding tert-OH is 1. The Bertz CT molecular complexity index is 515. The van der Waals surface area contributed by atoms with Crippen molar-refractivity contribution in [2.45, 2.75) is 19.1 Å². The molecule has 21 heavy (non-hydrogen) atoms. The van der Waals surface area contributed by atoms with Crippen molar-refractivity contribution in [2.75, 3.05) is 26.8 Å².